The van der Waals surface area contributed by atoms with Crippen LogP contribution in [0.25, 0.3) is 0 Å². The molecule has 1 saturated carbocycles. The van der Waals surface area contributed by atoms with Gasteiger partial charge in [-0.15, -0.1) is 0 Å². The molecule has 2 aliphatic rings. The van der Waals surface area contributed by atoms with Gasteiger partial charge in [0.1, 0.15) is 0 Å². The number of benzene rings is 4. The first-order chi connectivity index (χ1) is 17.4. The predicted molar refractivity (Wildman–Crippen MR) is 163 cm³/mol. The van der Waals surface area contributed by atoms with E-state index in [1.807, 2.05) is 0 Å². The standard InChI is InChI=1S/C32H32OP2.BH3/c1-5-13-25(14-6-1)34(26-15-7-2-8-16-26)24-30-29-21-22-33-31(29)23-32(30)35(27-17-9-3-10-18-27)28-19-11-4-12-20-28;/h1-20,29-32H,21-24H2;1H3/t29-,30-,31+,32+;/m0./s1. The molecule has 0 aromatic heterocycles. The first-order valence-corrected chi connectivity index (χ1v) is 15.7. The molecule has 1 aliphatic carbocycles. The minimum absolute atomic E-state index is 0. The lowest BCUT2D eigenvalue weighted by molar-refractivity contribution is 0.101. The summed E-state index contributed by atoms with van der Waals surface area (Å²) in [6, 6.07) is 45.2. The molecule has 1 nitrogen and oxygen atoms in total. The molecule has 1 saturated heterocycles. The summed E-state index contributed by atoms with van der Waals surface area (Å²) < 4.78 is 6.37. The Morgan fingerprint density at radius 2 is 1.06 bits per heavy atom. The second kappa shape index (κ2) is 11.9. The van der Waals surface area contributed by atoms with Crippen LogP contribution in [-0.4, -0.2) is 32.9 Å². The summed E-state index contributed by atoms with van der Waals surface area (Å²) in [7, 11) is -0.874. The van der Waals surface area contributed by atoms with Gasteiger partial charge >= 0.3 is 0 Å². The van der Waals surface area contributed by atoms with Crippen LogP contribution in [-0.2, 0) is 4.74 Å². The van der Waals surface area contributed by atoms with E-state index in [2.05, 4.69) is 121 Å². The van der Waals surface area contributed by atoms with Gasteiger partial charge in [0, 0.05) is 6.61 Å². The van der Waals surface area contributed by atoms with Crippen LogP contribution in [0, 0.1) is 11.8 Å². The molecule has 182 valence electrons. The van der Waals surface area contributed by atoms with Crippen molar-refractivity contribution < 1.29 is 4.74 Å². The molecule has 4 aromatic carbocycles. The molecule has 2 fully saturated rings. The van der Waals surface area contributed by atoms with Gasteiger partial charge in [-0.2, -0.15) is 0 Å². The molecule has 4 atom stereocenters. The minimum atomic E-state index is -0.454. The molecular weight excluding hydrogens is 473 g/mol. The van der Waals surface area contributed by atoms with E-state index in [1.54, 1.807) is 0 Å². The maximum Gasteiger partial charge on any atom is 0.0814 e. The molecular formula is C32H35BOP2. The minimum Gasteiger partial charge on any atom is -0.378 e. The SMILES string of the molecule is B.c1ccc(P(C[C@H]2[C@@H]3CCO[C@@H]3C[C@H]2P(c2ccccc2)c2ccccc2)c2ccccc2)cc1. The Morgan fingerprint density at radius 1 is 0.611 bits per heavy atom. The Hall–Kier alpha value is -2.24. The van der Waals surface area contributed by atoms with Crippen molar-refractivity contribution in [3.05, 3.63) is 121 Å². The fraction of sp³-hybridized carbons (Fsp3) is 0.250. The molecule has 0 amide bonds. The van der Waals surface area contributed by atoms with Crippen LogP contribution in [0.1, 0.15) is 12.8 Å². The highest BCUT2D eigenvalue weighted by Crippen LogP contribution is 2.57. The van der Waals surface area contributed by atoms with Crippen molar-refractivity contribution in [2.24, 2.45) is 11.8 Å². The van der Waals surface area contributed by atoms with Crippen LogP contribution >= 0.6 is 15.8 Å². The van der Waals surface area contributed by atoms with E-state index < -0.39 is 15.8 Å². The highest BCUT2D eigenvalue weighted by atomic mass is 31.1. The van der Waals surface area contributed by atoms with Gasteiger partial charge in [-0.3, -0.25) is 0 Å². The molecule has 36 heavy (non-hydrogen) atoms. The van der Waals surface area contributed by atoms with E-state index in [0.717, 1.165) is 6.61 Å². The lowest BCUT2D eigenvalue weighted by Gasteiger charge is -2.34. The Labute approximate surface area is 220 Å². The predicted octanol–water partition coefficient (Wildman–Crippen LogP) is 4.86. The van der Waals surface area contributed by atoms with Gasteiger partial charge in [0.05, 0.1) is 14.5 Å². The van der Waals surface area contributed by atoms with Crippen LogP contribution in [0.2, 0.25) is 0 Å². The second-order valence-corrected chi connectivity index (χ2v) is 14.3. The van der Waals surface area contributed by atoms with Gasteiger partial charge in [0.15, 0.2) is 0 Å². The number of rotatable bonds is 7. The zero-order valence-corrected chi connectivity index (χ0v) is 21.8. The average Bonchev–Trinajstić information content (AvgIpc) is 3.52. The molecule has 0 unspecified atom stereocenters. The van der Waals surface area contributed by atoms with E-state index >= 15 is 0 Å². The molecule has 0 spiro atoms. The number of ether oxygens (including phenoxy) is 1. The summed E-state index contributed by atoms with van der Waals surface area (Å²) in [6.07, 6.45) is 4.07. The van der Waals surface area contributed by atoms with Crippen LogP contribution in [0.4, 0.5) is 0 Å². The summed E-state index contributed by atoms with van der Waals surface area (Å²) >= 11 is 0. The smallest absolute Gasteiger partial charge is 0.0814 e. The third kappa shape index (κ3) is 5.24. The topological polar surface area (TPSA) is 9.23 Å². The van der Waals surface area contributed by atoms with E-state index in [0.29, 0.717) is 23.6 Å². The first kappa shape index (κ1) is 25.4. The highest BCUT2D eigenvalue weighted by molar-refractivity contribution is 7.74. The molecule has 1 aliphatic heterocycles. The van der Waals surface area contributed by atoms with Crippen molar-refractivity contribution in [2.45, 2.75) is 24.6 Å². The zero-order chi connectivity index (χ0) is 23.5. The van der Waals surface area contributed by atoms with Crippen molar-refractivity contribution in [3.8, 4) is 0 Å². The third-order valence-corrected chi connectivity index (χ3v) is 13.3. The lowest BCUT2D eigenvalue weighted by atomic mass is 9.95. The molecule has 4 aromatic rings. The Morgan fingerprint density at radius 3 is 1.53 bits per heavy atom. The van der Waals surface area contributed by atoms with E-state index in [4.69, 9.17) is 4.74 Å². The number of fused-ring (bicyclic) bond motifs is 1. The van der Waals surface area contributed by atoms with E-state index in [1.165, 1.54) is 40.2 Å². The van der Waals surface area contributed by atoms with Crippen molar-refractivity contribution in [1.82, 2.24) is 0 Å². The van der Waals surface area contributed by atoms with Gasteiger partial charge in [0.2, 0.25) is 0 Å². The van der Waals surface area contributed by atoms with Crippen molar-refractivity contribution in [3.63, 3.8) is 0 Å². The summed E-state index contributed by atoms with van der Waals surface area (Å²) in [4.78, 5) is 0. The van der Waals surface area contributed by atoms with Crippen molar-refractivity contribution in [1.29, 1.82) is 0 Å². The molecule has 1 heterocycles. The van der Waals surface area contributed by atoms with E-state index in [9.17, 15) is 0 Å². The molecule has 0 N–H and O–H groups in total. The molecule has 0 bridgehead atoms. The Balaban J connectivity index is 0.00000267. The molecule has 0 radical (unpaired) electrons. The van der Waals surface area contributed by atoms with Gasteiger partial charge in [0.25, 0.3) is 0 Å². The summed E-state index contributed by atoms with van der Waals surface area (Å²) in [5, 5.41) is 6.01. The Kier molecular flexibility index (Phi) is 8.38. The first-order valence-electron chi connectivity index (χ1n) is 12.8. The third-order valence-electron chi connectivity index (χ3n) is 7.71. The lowest BCUT2D eigenvalue weighted by Crippen LogP contribution is -2.31. The fourth-order valence-electron chi connectivity index (χ4n) is 6.15. The van der Waals surface area contributed by atoms with Crippen molar-refractivity contribution in [2.75, 3.05) is 12.8 Å². The van der Waals surface area contributed by atoms with Crippen LogP contribution in [0.15, 0.2) is 121 Å². The molecule has 6 rings (SSSR count). The quantitative estimate of drug-likeness (QED) is 0.256. The number of hydrogen-bond acceptors (Lipinski definition) is 1. The normalized spacial score (nSPS) is 22.9. The van der Waals surface area contributed by atoms with Crippen molar-refractivity contribution >= 4 is 45.5 Å². The largest absolute Gasteiger partial charge is 0.378 e. The van der Waals surface area contributed by atoms with Gasteiger partial charge in [-0.05, 0) is 73.6 Å². The summed E-state index contributed by atoms with van der Waals surface area (Å²) in [5.41, 5.74) is 0.641. The zero-order valence-electron chi connectivity index (χ0n) is 20.0. The Bertz CT molecular complexity index is 1130. The maximum absolute atomic E-state index is 6.37. The summed E-state index contributed by atoms with van der Waals surface area (Å²) in [5.74, 6) is 1.34. The monoisotopic (exact) mass is 508 g/mol. The fourth-order valence-corrected chi connectivity index (χ4v) is 12.2. The van der Waals surface area contributed by atoms with Crippen LogP contribution < -0.4 is 21.2 Å². The second-order valence-electron chi connectivity index (χ2n) is 9.65. The van der Waals surface area contributed by atoms with Gasteiger partial charge < -0.3 is 4.74 Å². The van der Waals surface area contributed by atoms with Crippen LogP contribution in [0.3, 0.4) is 0 Å². The highest BCUT2D eigenvalue weighted by Gasteiger charge is 2.50. The van der Waals surface area contributed by atoms with E-state index in [-0.39, 0.29) is 8.41 Å². The molecule has 4 heteroatoms. The average molecular weight is 508 g/mol. The number of hydrogen-bond donors (Lipinski definition) is 0. The summed E-state index contributed by atoms with van der Waals surface area (Å²) in [6.45, 7) is 0.932. The van der Waals surface area contributed by atoms with Crippen LogP contribution in [0.5, 0.6) is 0 Å². The maximum atomic E-state index is 6.37. The van der Waals surface area contributed by atoms with Gasteiger partial charge in [-0.25, -0.2) is 0 Å². The van der Waals surface area contributed by atoms with Gasteiger partial charge in [-0.1, -0.05) is 121 Å².